The Bertz CT molecular complexity index is 3070. The van der Waals surface area contributed by atoms with E-state index in [1.807, 2.05) is 5.32 Å². The number of nitrogens with zero attached hydrogens (tertiary/aromatic N) is 4. The maximum atomic E-state index is 14.7. The van der Waals surface area contributed by atoms with E-state index in [2.05, 4.69) is 37.2 Å². The summed E-state index contributed by atoms with van der Waals surface area (Å²) >= 11 is 0. The van der Waals surface area contributed by atoms with Gasteiger partial charge in [-0.2, -0.15) is 0 Å². The first-order valence-electron chi connectivity index (χ1n) is 31.1. The molecule has 0 aliphatic carbocycles. The molecule has 1 heterocycles. The largest absolute Gasteiger partial charge is 0.481 e. The molecule has 97 heavy (non-hydrogen) atoms. The number of nitrogens with one attached hydrogen (secondary N) is 8. The second-order valence-corrected chi connectivity index (χ2v) is 22.8. The number of hydrogen-bond donors (Lipinski definition) is 15. The molecule has 1 saturated heterocycles. The number of carbonyl (C=O) groups is 14. The summed E-state index contributed by atoms with van der Waals surface area (Å²) in [5.41, 5.74) is 1.74. The molecule has 4 unspecified atom stereocenters. The first kappa shape index (κ1) is 82.2. The third kappa shape index (κ3) is 34.5. The molecule has 15 N–H and O–H groups in total. The predicted molar refractivity (Wildman–Crippen MR) is 340 cm³/mol. The van der Waals surface area contributed by atoms with Gasteiger partial charge in [0, 0.05) is 137 Å². The van der Waals surface area contributed by atoms with Crippen molar-refractivity contribution in [1.29, 1.82) is 0 Å². The number of carboxylic acid groups (broad SMARTS) is 7. The summed E-state index contributed by atoms with van der Waals surface area (Å²) in [7, 11) is 0. The average molecular weight is 1440 g/mol. The second-order valence-electron chi connectivity index (χ2n) is 22.8. The van der Waals surface area contributed by atoms with Gasteiger partial charge in [-0.1, -0.05) is 91.0 Å². The van der Waals surface area contributed by atoms with Gasteiger partial charge in [0.1, 0.15) is 36.3 Å². The molecule has 1 radical (unpaired) electrons. The van der Waals surface area contributed by atoms with Crippen LogP contribution < -0.4 is 42.5 Å². The Morgan fingerprint density at radius 3 is 1.00 bits per heavy atom. The number of benzene rings is 3. The molecule has 6 atom stereocenters. The Labute approximate surface area is 584 Å². The minimum absolute atomic E-state index is 0. The van der Waals surface area contributed by atoms with E-state index in [9.17, 15) is 97.8 Å². The van der Waals surface area contributed by atoms with E-state index in [1.165, 1.54) is 0 Å². The maximum absolute atomic E-state index is 14.7. The van der Waals surface area contributed by atoms with E-state index in [1.54, 1.807) is 111 Å². The van der Waals surface area contributed by atoms with Crippen LogP contribution in [0.4, 0.5) is 4.79 Å². The molecule has 34 heteroatoms. The molecule has 1 aliphatic rings. The summed E-state index contributed by atoms with van der Waals surface area (Å²) in [6, 6.07) is 15.6. The van der Waals surface area contributed by atoms with Crippen LogP contribution in [-0.2, 0) is 114 Å². The van der Waals surface area contributed by atoms with Crippen molar-refractivity contribution in [3.8, 4) is 0 Å². The number of urea groups is 1. The van der Waals surface area contributed by atoms with Crippen LogP contribution in [-0.4, -0.2) is 266 Å². The van der Waals surface area contributed by atoms with Crippen LogP contribution >= 0.6 is 0 Å². The van der Waals surface area contributed by atoms with Crippen molar-refractivity contribution in [2.75, 3.05) is 91.6 Å². The predicted octanol–water partition coefficient (Wildman–Crippen LogP) is -2.15. The van der Waals surface area contributed by atoms with E-state index in [-0.39, 0.29) is 169 Å². The molecule has 0 bridgehead atoms. The van der Waals surface area contributed by atoms with Gasteiger partial charge in [0.2, 0.25) is 35.4 Å². The first-order chi connectivity index (χ1) is 45.7. The van der Waals surface area contributed by atoms with Crippen LogP contribution in [0.2, 0.25) is 0 Å². The summed E-state index contributed by atoms with van der Waals surface area (Å²) in [4.78, 5) is 184. The normalized spacial score (nSPS) is 15.1. The quantitative estimate of drug-likeness (QED) is 0.0270. The van der Waals surface area contributed by atoms with Gasteiger partial charge in [0.15, 0.2) is 0 Å². The minimum Gasteiger partial charge on any atom is -0.481 e. The summed E-state index contributed by atoms with van der Waals surface area (Å²) in [5, 5.41) is 86.8. The third-order valence-corrected chi connectivity index (χ3v) is 15.2. The molecule has 1 aliphatic heterocycles. The van der Waals surface area contributed by atoms with Crippen molar-refractivity contribution < 1.29 is 136 Å². The summed E-state index contributed by atoms with van der Waals surface area (Å²) in [5.74, 6) is -13.6. The van der Waals surface area contributed by atoms with Gasteiger partial charge in [0.05, 0.1) is 26.2 Å². The molecule has 0 saturated carbocycles. The summed E-state index contributed by atoms with van der Waals surface area (Å²) in [6.45, 7) is -0.745. The summed E-state index contributed by atoms with van der Waals surface area (Å²) in [6.07, 6.45) is -2.12. The van der Waals surface area contributed by atoms with Gasteiger partial charge in [-0.05, 0) is 48.8 Å². The second kappa shape index (κ2) is 44.7. The SMILES string of the molecule is O=C(O)CC[C@H](NC(=O)N[C@@H](CCCCNC(=O)CCC(=O)NCCC(NC(=O)C(Cc1ccccc1)NC(=O)C(Cc1ccccc1)NC(=O)C(Cc1ccccc1)NC(=O)CN1CCN(CC(=O)O)CCN(CC(=O)O)CCN(CC(=O)O)CC1)C(=O)O)C(=O)O)C(=O)O.[89Y]. The van der Waals surface area contributed by atoms with Gasteiger partial charge >= 0.3 is 47.8 Å². The zero-order chi connectivity index (χ0) is 70.5. The third-order valence-electron chi connectivity index (χ3n) is 15.2. The molecule has 3 aromatic rings. The Balaban J connectivity index is 0.0000245. The Kier molecular flexibility index (Phi) is 37.9. The molecular formula is C63H86N12O21Y. The Morgan fingerprint density at radius 2 is 0.649 bits per heavy atom. The fourth-order valence-corrected chi connectivity index (χ4v) is 10.1. The van der Waals surface area contributed by atoms with Crippen molar-refractivity contribution in [2.45, 2.75) is 107 Å². The van der Waals surface area contributed by atoms with Crippen LogP contribution in [0.1, 0.15) is 68.1 Å². The zero-order valence-corrected chi connectivity index (χ0v) is 56.4. The van der Waals surface area contributed by atoms with Gasteiger partial charge in [-0.25, -0.2) is 19.2 Å². The fourth-order valence-electron chi connectivity index (χ4n) is 10.1. The molecule has 0 spiro atoms. The molecule has 33 nitrogen and oxygen atoms in total. The molecule has 4 rings (SSSR count). The van der Waals surface area contributed by atoms with E-state index in [4.69, 9.17) is 5.11 Å². The maximum Gasteiger partial charge on any atom is 0.326 e. The zero-order valence-electron chi connectivity index (χ0n) is 53.5. The van der Waals surface area contributed by atoms with Crippen molar-refractivity contribution in [1.82, 2.24) is 62.1 Å². The average Bonchev–Trinajstić information content (AvgIpc) is 1.06. The van der Waals surface area contributed by atoms with Gasteiger partial charge in [-0.3, -0.25) is 67.5 Å². The Morgan fingerprint density at radius 1 is 0.330 bits per heavy atom. The number of hydrogen-bond acceptors (Lipinski definition) is 18. The smallest absolute Gasteiger partial charge is 0.326 e. The van der Waals surface area contributed by atoms with Gasteiger partial charge in [0.25, 0.3) is 0 Å². The van der Waals surface area contributed by atoms with Crippen molar-refractivity contribution in [3.05, 3.63) is 108 Å². The van der Waals surface area contributed by atoms with Crippen molar-refractivity contribution >= 4 is 83.3 Å². The molecule has 8 amide bonds. The van der Waals surface area contributed by atoms with Gasteiger partial charge < -0.3 is 78.3 Å². The first-order valence-corrected chi connectivity index (χ1v) is 31.1. The van der Waals surface area contributed by atoms with Crippen LogP contribution in [0.25, 0.3) is 0 Å². The van der Waals surface area contributed by atoms with Gasteiger partial charge in [-0.15, -0.1) is 0 Å². The number of carbonyl (C=O) groups excluding carboxylic acids is 7. The van der Waals surface area contributed by atoms with E-state index in [0.29, 0.717) is 16.7 Å². The number of aliphatic carboxylic acids is 7. The number of amides is 8. The van der Waals surface area contributed by atoms with Crippen molar-refractivity contribution in [2.24, 2.45) is 0 Å². The molecule has 0 aromatic heterocycles. The van der Waals surface area contributed by atoms with E-state index < -0.39 is 145 Å². The monoisotopic (exact) mass is 1440 g/mol. The number of carboxylic acids is 7. The van der Waals surface area contributed by atoms with Crippen LogP contribution in [0.15, 0.2) is 91.0 Å². The molecule has 527 valence electrons. The number of rotatable bonds is 40. The Hall–Kier alpha value is -9.02. The standard InChI is InChI=1S/C63H86N12O21.Y/c76-50(64-24-11-10-18-44(60(90)91)70-63(96)71-45(61(92)93)19-22-53(79)80)20-21-51(77)65-25-23-46(62(94)95)67-58(88)48(35-42-14-6-2-7-15-42)69-59(89)49(36-43-16-8-3-9-17-43)68-57(87)47(34-41-12-4-1-5-13-41)66-52(78)37-72-26-28-73(38-54(81)82)30-32-75(40-56(85)86)33-31-74(29-27-72)39-55(83)84;/h1-9,12-17,44-49H,10-11,18-40H2,(H,64,76)(H,65,77)(H,66,78)(H,67,88)(H,68,87)(H,69,89)(H,79,80)(H,81,82)(H,83,84)(H,85,86)(H,90,91)(H,92,93)(H,94,95)(H2,70,71,96);/t44-,45-,46?,47?,48?,49?;/m0./s1/i;1+0. The molecule has 1 fully saturated rings. The number of unbranched alkanes of at least 4 members (excludes halogenated alkanes) is 1. The van der Waals surface area contributed by atoms with Crippen molar-refractivity contribution in [3.63, 3.8) is 0 Å². The van der Waals surface area contributed by atoms with Crippen LogP contribution in [0, 0.1) is 0 Å². The fraction of sp³-hybridized carbons (Fsp3) is 0.492. The van der Waals surface area contributed by atoms with Crippen LogP contribution in [0.5, 0.6) is 0 Å². The topological polar surface area (TPSA) is 490 Å². The van der Waals surface area contributed by atoms with Crippen LogP contribution in [0.3, 0.4) is 0 Å². The molecular weight excluding hydrogens is 1350 g/mol. The minimum atomic E-state index is -1.63. The summed E-state index contributed by atoms with van der Waals surface area (Å²) < 4.78 is 0. The van der Waals surface area contributed by atoms with E-state index >= 15 is 0 Å². The van der Waals surface area contributed by atoms with E-state index in [0.717, 1.165) is 0 Å². The molecule has 3 aromatic carbocycles.